The van der Waals surface area contributed by atoms with Gasteiger partial charge in [0.15, 0.2) is 0 Å². The predicted molar refractivity (Wildman–Crippen MR) is 163 cm³/mol. The molecule has 206 valence electrons. The van der Waals surface area contributed by atoms with E-state index in [2.05, 4.69) is 36.0 Å². The van der Waals surface area contributed by atoms with Gasteiger partial charge in [-0.05, 0) is 68.3 Å². The molecule has 0 bridgehead atoms. The second kappa shape index (κ2) is 14.5. The Morgan fingerprint density at radius 3 is 2.38 bits per heavy atom. The first kappa shape index (κ1) is 30.6. The zero-order chi connectivity index (χ0) is 28.3. The molecule has 0 aliphatic heterocycles. The van der Waals surface area contributed by atoms with E-state index in [0.717, 1.165) is 27.3 Å². The van der Waals surface area contributed by atoms with Crippen LogP contribution in [0.15, 0.2) is 78.0 Å². The quantitative estimate of drug-likeness (QED) is 0.212. The van der Waals surface area contributed by atoms with Crippen molar-refractivity contribution >= 4 is 27.7 Å². The van der Waals surface area contributed by atoms with Crippen molar-refractivity contribution in [2.75, 3.05) is 13.2 Å². The molecule has 0 radical (unpaired) electrons. The summed E-state index contributed by atoms with van der Waals surface area (Å²) in [7, 11) is 3.35. The molecule has 0 saturated heterocycles. The highest BCUT2D eigenvalue weighted by molar-refractivity contribution is 8.77. The van der Waals surface area contributed by atoms with E-state index in [1.807, 2.05) is 94.4 Å². The summed E-state index contributed by atoms with van der Waals surface area (Å²) in [5, 5.41) is 3.88. The lowest BCUT2D eigenvalue weighted by molar-refractivity contribution is -0.0244. The molecule has 39 heavy (non-hydrogen) atoms. The van der Waals surface area contributed by atoms with Gasteiger partial charge < -0.3 is 14.8 Å². The highest BCUT2D eigenvalue weighted by Crippen LogP contribution is 2.40. The minimum Gasteiger partial charge on any atom is -0.441 e. The molecule has 1 aliphatic carbocycles. The lowest BCUT2D eigenvalue weighted by Crippen LogP contribution is -2.43. The summed E-state index contributed by atoms with van der Waals surface area (Å²) in [5.41, 5.74) is 3.25. The first-order valence-corrected chi connectivity index (χ1v) is 15.4. The fourth-order valence-electron chi connectivity index (χ4n) is 3.71. The number of alkyl carbamates (subject to hydrolysis) is 1. The summed E-state index contributed by atoms with van der Waals surface area (Å²) < 4.78 is 12.0. The second-order valence-corrected chi connectivity index (χ2v) is 12.9. The molecular formula is C32H38N2O3S2. The molecule has 1 unspecified atom stereocenters. The molecule has 1 heterocycles. The van der Waals surface area contributed by atoms with Gasteiger partial charge in [0, 0.05) is 40.6 Å². The third-order valence-electron chi connectivity index (χ3n) is 5.77. The number of carbonyl (C=O) groups is 1. The average Bonchev–Trinajstić information content (AvgIpc) is 2.94. The van der Waals surface area contributed by atoms with Crippen LogP contribution >= 0.6 is 21.6 Å². The Morgan fingerprint density at radius 1 is 0.974 bits per heavy atom. The number of hydrogen-bond donors (Lipinski definition) is 1. The van der Waals surface area contributed by atoms with Gasteiger partial charge in [0.05, 0.1) is 12.2 Å². The third kappa shape index (κ3) is 9.65. The Hall–Kier alpha value is -2.92. The summed E-state index contributed by atoms with van der Waals surface area (Å²) in [6.07, 6.45) is 1.45. The van der Waals surface area contributed by atoms with E-state index >= 15 is 0 Å². The molecule has 1 amide bonds. The van der Waals surface area contributed by atoms with Gasteiger partial charge >= 0.3 is 6.09 Å². The lowest BCUT2D eigenvalue weighted by Gasteiger charge is -2.31. The van der Waals surface area contributed by atoms with Crippen LogP contribution in [0.3, 0.4) is 0 Å². The van der Waals surface area contributed by atoms with E-state index in [-0.39, 0.29) is 4.75 Å². The summed E-state index contributed by atoms with van der Waals surface area (Å²) in [6.45, 7) is 13.1. The first-order chi connectivity index (χ1) is 18.7. The zero-order valence-corrected chi connectivity index (χ0v) is 25.2. The standard InChI is InChI=1S/C30H32N2O3S2.C2H6/c1-29(2,34-21-30(3,4)37-36-27-15-9-10-18-31-27)20-32-28(33)35-26-19-24-13-6-5-11-22(24)16-17-23-12-7-8-14-25(23)26;1-2/h5-15,18,26H,19-21H2,1-4H3,(H,32,33);1-2H3. The normalized spacial score (nSPS) is 14.2. The lowest BCUT2D eigenvalue weighted by atomic mass is 9.92. The van der Waals surface area contributed by atoms with Crippen molar-refractivity contribution in [2.45, 2.75) is 69.4 Å². The Morgan fingerprint density at radius 2 is 1.64 bits per heavy atom. The van der Waals surface area contributed by atoms with E-state index in [1.165, 1.54) is 0 Å². The van der Waals surface area contributed by atoms with E-state index in [9.17, 15) is 4.79 Å². The topological polar surface area (TPSA) is 60.5 Å². The van der Waals surface area contributed by atoms with Crippen molar-refractivity contribution in [3.63, 3.8) is 0 Å². The van der Waals surface area contributed by atoms with Crippen molar-refractivity contribution in [3.8, 4) is 11.8 Å². The van der Waals surface area contributed by atoms with E-state index in [4.69, 9.17) is 9.47 Å². The van der Waals surface area contributed by atoms with Crippen LogP contribution in [0.2, 0.25) is 0 Å². The number of pyridine rings is 1. The minimum atomic E-state index is -0.566. The van der Waals surface area contributed by atoms with Gasteiger partial charge in [0.1, 0.15) is 11.1 Å². The number of aromatic nitrogens is 1. The first-order valence-electron chi connectivity index (χ1n) is 13.2. The van der Waals surface area contributed by atoms with Crippen molar-refractivity contribution in [3.05, 3.63) is 95.2 Å². The largest absolute Gasteiger partial charge is 0.441 e. The average molecular weight is 563 g/mol. The molecule has 1 N–H and O–H groups in total. The number of hydrogen-bond acceptors (Lipinski definition) is 6. The maximum atomic E-state index is 12.9. The second-order valence-electron chi connectivity index (χ2n) is 10.1. The van der Waals surface area contributed by atoms with Gasteiger partial charge in [-0.15, -0.1) is 0 Å². The molecule has 5 nitrogen and oxygen atoms in total. The highest BCUT2D eigenvalue weighted by atomic mass is 33.1. The maximum Gasteiger partial charge on any atom is 0.407 e. The molecule has 7 heteroatoms. The van der Waals surface area contributed by atoms with Gasteiger partial charge in [0.25, 0.3) is 0 Å². The van der Waals surface area contributed by atoms with E-state index in [0.29, 0.717) is 19.6 Å². The molecule has 1 atom stereocenters. The fraction of sp³-hybridized carbons (Fsp3) is 0.375. The van der Waals surface area contributed by atoms with Crippen molar-refractivity contribution < 1.29 is 14.3 Å². The van der Waals surface area contributed by atoms with Gasteiger partial charge in [-0.1, -0.05) is 78.9 Å². The minimum absolute atomic E-state index is 0.142. The van der Waals surface area contributed by atoms with Crippen LogP contribution in [-0.2, 0) is 15.9 Å². The SMILES string of the molecule is CC.CC(C)(CNC(=O)OC1Cc2ccccc2C#Cc2ccccc21)OCC(C)(C)SSc1ccccn1. The summed E-state index contributed by atoms with van der Waals surface area (Å²) in [4.78, 5) is 17.3. The number of nitrogens with one attached hydrogen (secondary N) is 1. The molecular weight excluding hydrogens is 524 g/mol. The number of ether oxygens (including phenoxy) is 2. The maximum absolute atomic E-state index is 12.9. The smallest absolute Gasteiger partial charge is 0.407 e. The number of rotatable bonds is 9. The number of fused-ring (bicyclic) bond motifs is 2. The molecule has 1 aliphatic rings. The third-order valence-corrected chi connectivity index (χ3v) is 8.95. The monoisotopic (exact) mass is 562 g/mol. The van der Waals surface area contributed by atoms with Crippen LogP contribution < -0.4 is 5.32 Å². The number of nitrogens with zero attached hydrogens (tertiary/aromatic N) is 1. The fourth-order valence-corrected chi connectivity index (χ4v) is 5.74. The van der Waals surface area contributed by atoms with Crippen LogP contribution in [0.1, 0.15) is 69.9 Å². The van der Waals surface area contributed by atoms with Crippen LogP contribution in [0, 0.1) is 11.8 Å². The van der Waals surface area contributed by atoms with E-state index in [1.54, 1.807) is 27.8 Å². The molecule has 0 fully saturated rings. The van der Waals surface area contributed by atoms with Crippen LogP contribution in [0.5, 0.6) is 0 Å². The van der Waals surface area contributed by atoms with Crippen LogP contribution in [0.4, 0.5) is 4.79 Å². The van der Waals surface area contributed by atoms with Crippen LogP contribution in [-0.4, -0.2) is 34.6 Å². The predicted octanol–water partition coefficient (Wildman–Crippen LogP) is 7.85. The number of benzene rings is 2. The summed E-state index contributed by atoms with van der Waals surface area (Å²) >= 11 is 0. The summed E-state index contributed by atoms with van der Waals surface area (Å²) in [5.74, 6) is 6.50. The van der Waals surface area contributed by atoms with E-state index < -0.39 is 17.8 Å². The molecule has 4 rings (SSSR count). The summed E-state index contributed by atoms with van der Waals surface area (Å²) in [6, 6.07) is 21.7. The Bertz CT molecular complexity index is 1280. The van der Waals surface area contributed by atoms with Crippen molar-refractivity contribution in [2.24, 2.45) is 0 Å². The Kier molecular flexibility index (Phi) is 11.4. The molecule has 2 aromatic carbocycles. The van der Waals surface area contributed by atoms with Gasteiger partial charge in [-0.3, -0.25) is 0 Å². The molecule has 0 saturated carbocycles. The molecule has 0 spiro atoms. The van der Waals surface area contributed by atoms with Crippen LogP contribution in [0.25, 0.3) is 0 Å². The Balaban J connectivity index is 0.00000205. The van der Waals surface area contributed by atoms with Gasteiger partial charge in [-0.2, -0.15) is 0 Å². The number of amides is 1. The number of carbonyl (C=O) groups excluding carboxylic acids is 1. The Labute approximate surface area is 241 Å². The van der Waals surface area contributed by atoms with Crippen molar-refractivity contribution in [1.82, 2.24) is 10.3 Å². The van der Waals surface area contributed by atoms with Crippen molar-refractivity contribution in [1.29, 1.82) is 0 Å². The molecule has 1 aromatic heterocycles. The highest BCUT2D eigenvalue weighted by Gasteiger charge is 2.28. The van der Waals surface area contributed by atoms with Gasteiger partial charge in [0.2, 0.25) is 0 Å². The molecule has 3 aromatic rings. The van der Waals surface area contributed by atoms with Gasteiger partial charge in [-0.25, -0.2) is 9.78 Å². The zero-order valence-electron chi connectivity index (χ0n) is 23.6.